The summed E-state index contributed by atoms with van der Waals surface area (Å²) in [5.74, 6) is 0. The smallest absolute Gasteiger partial charge is 0.174 e. The number of hydrogen-bond acceptors (Lipinski definition) is 3. The van der Waals surface area contributed by atoms with Gasteiger partial charge in [0.25, 0.3) is 0 Å². The van der Waals surface area contributed by atoms with Crippen molar-refractivity contribution >= 4 is 0 Å². The molecule has 4 aromatic rings. The third kappa shape index (κ3) is 2.79. The zero-order chi connectivity index (χ0) is 17.8. The van der Waals surface area contributed by atoms with Crippen molar-refractivity contribution in [3.8, 4) is 11.1 Å². The van der Waals surface area contributed by atoms with Crippen molar-refractivity contribution in [3.63, 3.8) is 0 Å². The van der Waals surface area contributed by atoms with Crippen LogP contribution < -0.4 is 0 Å². The Morgan fingerprint density at radius 1 is 0.577 bits per heavy atom. The molecule has 26 heavy (non-hydrogen) atoms. The Morgan fingerprint density at radius 2 is 1.12 bits per heavy atom. The highest BCUT2D eigenvalue weighted by atomic mass is 16.3. The monoisotopic (exact) mass is 338 g/mol. The summed E-state index contributed by atoms with van der Waals surface area (Å²) in [4.78, 5) is 8.90. The van der Waals surface area contributed by atoms with Gasteiger partial charge in [0.2, 0.25) is 0 Å². The maximum Gasteiger partial charge on any atom is 0.174 e. The van der Waals surface area contributed by atoms with Gasteiger partial charge in [-0.2, -0.15) is 0 Å². The van der Waals surface area contributed by atoms with Gasteiger partial charge in [-0.15, -0.1) is 0 Å². The van der Waals surface area contributed by atoms with Gasteiger partial charge in [-0.25, -0.2) is 0 Å². The second kappa shape index (κ2) is 6.90. The second-order valence-electron chi connectivity index (χ2n) is 6.05. The summed E-state index contributed by atoms with van der Waals surface area (Å²) in [7, 11) is 0. The Hall–Kier alpha value is -3.30. The first kappa shape index (κ1) is 16.2. The molecule has 3 nitrogen and oxygen atoms in total. The predicted molar refractivity (Wildman–Crippen MR) is 102 cm³/mol. The van der Waals surface area contributed by atoms with E-state index in [4.69, 9.17) is 0 Å². The molecule has 0 aliphatic heterocycles. The van der Waals surface area contributed by atoms with E-state index in [1.165, 1.54) is 0 Å². The number of aromatic nitrogens is 2. The molecule has 0 aliphatic carbocycles. The number of nitrogens with zero attached hydrogens (tertiary/aromatic N) is 2. The number of benzene rings is 2. The van der Waals surface area contributed by atoms with Crippen molar-refractivity contribution in [3.05, 3.63) is 120 Å². The van der Waals surface area contributed by atoms with Crippen molar-refractivity contribution in [2.75, 3.05) is 0 Å². The van der Waals surface area contributed by atoms with Gasteiger partial charge in [0.1, 0.15) is 0 Å². The fraction of sp³-hybridized carbons (Fsp3) is 0.0435. The molecule has 0 aliphatic rings. The predicted octanol–water partition coefficient (Wildman–Crippen LogP) is 4.43. The number of aliphatic hydroxyl groups is 1. The van der Waals surface area contributed by atoms with E-state index < -0.39 is 5.60 Å². The molecule has 0 amide bonds. The lowest BCUT2D eigenvalue weighted by Crippen LogP contribution is -2.31. The third-order valence-corrected chi connectivity index (χ3v) is 4.47. The molecule has 0 bridgehead atoms. The van der Waals surface area contributed by atoms with Crippen molar-refractivity contribution < 1.29 is 5.11 Å². The van der Waals surface area contributed by atoms with Crippen LogP contribution in [-0.2, 0) is 5.60 Å². The summed E-state index contributed by atoms with van der Waals surface area (Å²) in [6.45, 7) is 0. The summed E-state index contributed by atoms with van der Waals surface area (Å²) < 4.78 is 0. The van der Waals surface area contributed by atoms with Crippen LogP contribution in [0.3, 0.4) is 0 Å². The summed E-state index contributed by atoms with van der Waals surface area (Å²) in [6, 6.07) is 29.0. The molecule has 0 atom stereocenters. The molecular formula is C23H18N2O. The highest BCUT2D eigenvalue weighted by molar-refractivity contribution is 5.70. The Labute approximate surface area is 152 Å². The molecule has 3 heteroatoms. The molecule has 4 rings (SSSR count). The topological polar surface area (TPSA) is 46.0 Å². The highest BCUT2D eigenvalue weighted by Crippen LogP contribution is 2.39. The highest BCUT2D eigenvalue weighted by Gasteiger charge is 2.38. The zero-order valence-corrected chi connectivity index (χ0v) is 14.2. The van der Waals surface area contributed by atoms with Crippen LogP contribution in [0, 0.1) is 0 Å². The van der Waals surface area contributed by atoms with E-state index in [2.05, 4.69) is 9.97 Å². The largest absolute Gasteiger partial charge is 0.373 e. The Bertz CT molecular complexity index is 947. The van der Waals surface area contributed by atoms with Gasteiger partial charge in [-0.1, -0.05) is 66.7 Å². The van der Waals surface area contributed by atoms with Gasteiger partial charge in [0, 0.05) is 18.0 Å². The van der Waals surface area contributed by atoms with E-state index in [1.807, 2.05) is 91.0 Å². The second-order valence-corrected chi connectivity index (χ2v) is 6.05. The van der Waals surface area contributed by atoms with Crippen molar-refractivity contribution in [1.29, 1.82) is 0 Å². The lowest BCUT2D eigenvalue weighted by molar-refractivity contribution is 0.116. The fourth-order valence-electron chi connectivity index (χ4n) is 3.23. The molecule has 126 valence electrons. The molecule has 0 saturated carbocycles. The van der Waals surface area contributed by atoms with Gasteiger partial charge in [-0.3, -0.25) is 9.97 Å². The van der Waals surface area contributed by atoms with Crippen LogP contribution in [0.25, 0.3) is 11.1 Å². The van der Waals surface area contributed by atoms with Gasteiger partial charge in [0.05, 0.1) is 11.4 Å². The lowest BCUT2D eigenvalue weighted by atomic mass is 9.81. The lowest BCUT2D eigenvalue weighted by Gasteiger charge is -2.30. The first-order chi connectivity index (χ1) is 12.8. The van der Waals surface area contributed by atoms with Crippen molar-refractivity contribution in [2.45, 2.75) is 5.60 Å². The molecule has 0 radical (unpaired) electrons. The van der Waals surface area contributed by atoms with E-state index in [0.717, 1.165) is 16.7 Å². The van der Waals surface area contributed by atoms with Crippen LogP contribution in [0.15, 0.2) is 103 Å². The first-order valence-corrected chi connectivity index (χ1v) is 8.50. The molecule has 2 heterocycles. The molecule has 0 saturated heterocycles. The van der Waals surface area contributed by atoms with Gasteiger partial charge < -0.3 is 5.11 Å². The minimum Gasteiger partial charge on any atom is -0.373 e. The molecule has 2 aromatic carbocycles. The fourth-order valence-corrected chi connectivity index (χ4v) is 3.23. The van der Waals surface area contributed by atoms with Gasteiger partial charge in [0.15, 0.2) is 5.60 Å². The molecular weight excluding hydrogens is 320 g/mol. The average Bonchev–Trinajstić information content (AvgIpc) is 2.75. The van der Waals surface area contributed by atoms with E-state index in [1.54, 1.807) is 12.4 Å². The van der Waals surface area contributed by atoms with Gasteiger partial charge >= 0.3 is 0 Å². The normalized spacial score (nSPS) is 11.3. The SMILES string of the molecule is OC(c1ccccn1)(c1ccccn1)c1ccccc1-c1ccccc1. The van der Waals surface area contributed by atoms with Crippen LogP contribution in [0.2, 0.25) is 0 Å². The van der Waals surface area contributed by atoms with E-state index >= 15 is 0 Å². The number of rotatable bonds is 4. The van der Waals surface area contributed by atoms with Crippen LogP contribution in [-0.4, -0.2) is 15.1 Å². The summed E-state index contributed by atoms with van der Waals surface area (Å²) in [6.07, 6.45) is 3.38. The Balaban J connectivity index is 2.01. The first-order valence-electron chi connectivity index (χ1n) is 8.50. The minimum absolute atomic E-state index is 0.544. The minimum atomic E-state index is -1.45. The molecule has 0 unspecified atom stereocenters. The van der Waals surface area contributed by atoms with Gasteiger partial charge in [-0.05, 0) is 35.4 Å². The molecule has 0 fully saturated rings. The number of pyridine rings is 2. The molecule has 1 N–H and O–H groups in total. The number of hydrogen-bond donors (Lipinski definition) is 1. The third-order valence-electron chi connectivity index (χ3n) is 4.47. The Morgan fingerprint density at radius 3 is 1.69 bits per heavy atom. The van der Waals surface area contributed by atoms with E-state index in [0.29, 0.717) is 11.4 Å². The zero-order valence-electron chi connectivity index (χ0n) is 14.2. The van der Waals surface area contributed by atoms with Crippen LogP contribution in [0.1, 0.15) is 17.0 Å². The standard InChI is InChI=1S/C23H18N2O/c26-23(21-14-6-8-16-24-21,22-15-7-9-17-25-22)20-13-5-4-12-19(20)18-10-2-1-3-11-18/h1-17,26H. The quantitative estimate of drug-likeness (QED) is 0.599. The maximum atomic E-state index is 11.9. The van der Waals surface area contributed by atoms with Crippen LogP contribution in [0.4, 0.5) is 0 Å². The maximum absolute atomic E-state index is 11.9. The average molecular weight is 338 g/mol. The summed E-state index contributed by atoms with van der Waals surface area (Å²) >= 11 is 0. The summed E-state index contributed by atoms with van der Waals surface area (Å²) in [5, 5.41) is 11.9. The van der Waals surface area contributed by atoms with E-state index in [9.17, 15) is 5.11 Å². The van der Waals surface area contributed by atoms with Crippen LogP contribution in [0.5, 0.6) is 0 Å². The van der Waals surface area contributed by atoms with Crippen LogP contribution >= 0.6 is 0 Å². The van der Waals surface area contributed by atoms with E-state index in [-0.39, 0.29) is 0 Å². The van der Waals surface area contributed by atoms with Crippen molar-refractivity contribution in [2.24, 2.45) is 0 Å². The molecule has 2 aromatic heterocycles. The molecule has 0 spiro atoms. The summed E-state index contributed by atoms with van der Waals surface area (Å²) in [5.41, 5.74) is 2.38. The Kier molecular flexibility index (Phi) is 4.30. The van der Waals surface area contributed by atoms with Crippen molar-refractivity contribution in [1.82, 2.24) is 9.97 Å².